The smallest absolute Gasteiger partial charge is 0.226 e. The highest BCUT2D eigenvalue weighted by molar-refractivity contribution is 5.32. The Bertz CT molecular complexity index is 627. The molecule has 0 bridgehead atoms. The van der Waals surface area contributed by atoms with E-state index in [0.717, 1.165) is 18.5 Å². The standard InChI is InChI=1S/C16H20N4O/c1-12(2)7-16-18-15(19-21-16)11-20(3)10-14-6-4-5-13(8-14)9-17/h4-6,8,12H,7,10-11H2,1-3H3. The molecule has 2 aromatic rings. The van der Waals surface area contributed by atoms with Crippen molar-refractivity contribution in [3.63, 3.8) is 0 Å². The summed E-state index contributed by atoms with van der Waals surface area (Å²) in [5.74, 6) is 1.90. The maximum absolute atomic E-state index is 8.91. The van der Waals surface area contributed by atoms with E-state index in [9.17, 15) is 0 Å². The predicted octanol–water partition coefficient (Wildman–Crippen LogP) is 2.77. The molecule has 2 rings (SSSR count). The van der Waals surface area contributed by atoms with Crippen LogP contribution in [0.2, 0.25) is 0 Å². The Hall–Kier alpha value is -2.19. The number of nitrogens with zero attached hydrogens (tertiary/aromatic N) is 4. The lowest BCUT2D eigenvalue weighted by molar-refractivity contribution is 0.298. The van der Waals surface area contributed by atoms with E-state index in [-0.39, 0.29) is 0 Å². The fraction of sp³-hybridized carbons (Fsp3) is 0.438. The molecular formula is C16H20N4O. The van der Waals surface area contributed by atoms with Gasteiger partial charge >= 0.3 is 0 Å². The molecule has 0 unspecified atom stereocenters. The van der Waals surface area contributed by atoms with Gasteiger partial charge < -0.3 is 4.52 Å². The summed E-state index contributed by atoms with van der Waals surface area (Å²) in [6, 6.07) is 9.77. The lowest BCUT2D eigenvalue weighted by Crippen LogP contribution is -2.18. The third-order valence-corrected chi connectivity index (χ3v) is 3.01. The van der Waals surface area contributed by atoms with E-state index < -0.39 is 0 Å². The molecule has 1 aromatic carbocycles. The molecule has 0 saturated heterocycles. The van der Waals surface area contributed by atoms with Crippen LogP contribution in [-0.4, -0.2) is 22.1 Å². The van der Waals surface area contributed by atoms with Crippen LogP contribution in [0, 0.1) is 17.2 Å². The molecule has 5 nitrogen and oxygen atoms in total. The third kappa shape index (κ3) is 4.69. The van der Waals surface area contributed by atoms with Crippen molar-refractivity contribution in [3.8, 4) is 6.07 Å². The Kier molecular flexibility index (Phi) is 5.07. The second kappa shape index (κ2) is 7.00. The van der Waals surface area contributed by atoms with Crippen LogP contribution in [0.4, 0.5) is 0 Å². The number of hydrogen-bond donors (Lipinski definition) is 0. The molecule has 0 radical (unpaired) electrons. The Morgan fingerprint density at radius 1 is 1.33 bits per heavy atom. The first kappa shape index (κ1) is 15.2. The van der Waals surface area contributed by atoms with Crippen molar-refractivity contribution in [2.45, 2.75) is 33.4 Å². The first-order valence-corrected chi connectivity index (χ1v) is 7.06. The number of aromatic nitrogens is 2. The quantitative estimate of drug-likeness (QED) is 0.816. The monoisotopic (exact) mass is 284 g/mol. The van der Waals surface area contributed by atoms with Crippen molar-refractivity contribution < 1.29 is 4.52 Å². The van der Waals surface area contributed by atoms with E-state index in [1.807, 2.05) is 25.2 Å². The van der Waals surface area contributed by atoms with Crippen LogP contribution < -0.4 is 0 Å². The molecule has 0 saturated carbocycles. The van der Waals surface area contributed by atoms with E-state index in [4.69, 9.17) is 9.78 Å². The van der Waals surface area contributed by atoms with Gasteiger partial charge in [0, 0.05) is 13.0 Å². The van der Waals surface area contributed by atoms with Gasteiger partial charge in [0.1, 0.15) is 0 Å². The zero-order valence-electron chi connectivity index (χ0n) is 12.7. The molecule has 0 spiro atoms. The second-order valence-electron chi connectivity index (χ2n) is 5.69. The van der Waals surface area contributed by atoms with Crippen molar-refractivity contribution in [3.05, 3.63) is 47.1 Å². The average Bonchev–Trinajstić information content (AvgIpc) is 2.85. The molecule has 0 aliphatic heterocycles. The van der Waals surface area contributed by atoms with Crippen LogP contribution in [0.5, 0.6) is 0 Å². The van der Waals surface area contributed by atoms with E-state index >= 15 is 0 Å². The van der Waals surface area contributed by atoms with Gasteiger partial charge in [0.2, 0.25) is 5.89 Å². The van der Waals surface area contributed by atoms with Gasteiger partial charge in [0.05, 0.1) is 18.2 Å². The highest BCUT2D eigenvalue weighted by atomic mass is 16.5. The van der Waals surface area contributed by atoms with Gasteiger partial charge in [-0.3, -0.25) is 4.90 Å². The Morgan fingerprint density at radius 3 is 2.86 bits per heavy atom. The van der Waals surface area contributed by atoms with Gasteiger partial charge in [-0.1, -0.05) is 31.1 Å². The van der Waals surface area contributed by atoms with Crippen molar-refractivity contribution in [2.75, 3.05) is 7.05 Å². The van der Waals surface area contributed by atoms with E-state index in [1.165, 1.54) is 0 Å². The molecule has 5 heteroatoms. The Labute approximate surface area is 125 Å². The van der Waals surface area contributed by atoms with Crippen LogP contribution >= 0.6 is 0 Å². The summed E-state index contributed by atoms with van der Waals surface area (Å²) in [6.45, 7) is 5.61. The molecule has 0 N–H and O–H groups in total. The number of benzene rings is 1. The summed E-state index contributed by atoms with van der Waals surface area (Å²) in [5.41, 5.74) is 1.78. The molecule has 0 aliphatic carbocycles. The molecule has 0 fully saturated rings. The van der Waals surface area contributed by atoms with Crippen LogP contribution in [-0.2, 0) is 19.5 Å². The Morgan fingerprint density at radius 2 is 2.14 bits per heavy atom. The zero-order chi connectivity index (χ0) is 15.2. The van der Waals surface area contributed by atoms with Crippen molar-refractivity contribution in [2.24, 2.45) is 5.92 Å². The van der Waals surface area contributed by atoms with Gasteiger partial charge in [0.15, 0.2) is 5.82 Å². The molecular weight excluding hydrogens is 264 g/mol. The molecule has 0 atom stereocenters. The number of rotatable bonds is 6. The normalized spacial score (nSPS) is 11.0. The van der Waals surface area contributed by atoms with Crippen molar-refractivity contribution in [1.29, 1.82) is 5.26 Å². The summed E-state index contributed by atoms with van der Waals surface area (Å²) in [4.78, 5) is 6.49. The van der Waals surface area contributed by atoms with Gasteiger partial charge in [-0.15, -0.1) is 0 Å². The maximum atomic E-state index is 8.91. The van der Waals surface area contributed by atoms with Crippen molar-refractivity contribution in [1.82, 2.24) is 15.0 Å². The molecule has 0 aliphatic rings. The topological polar surface area (TPSA) is 66.0 Å². The molecule has 0 amide bonds. The minimum absolute atomic E-state index is 0.504. The minimum atomic E-state index is 0.504. The summed E-state index contributed by atoms with van der Waals surface area (Å²) < 4.78 is 5.23. The number of hydrogen-bond acceptors (Lipinski definition) is 5. The molecule has 1 heterocycles. The van der Waals surface area contributed by atoms with E-state index in [2.05, 4.69) is 35.0 Å². The lowest BCUT2D eigenvalue weighted by Gasteiger charge is -2.14. The van der Waals surface area contributed by atoms with E-state index in [1.54, 1.807) is 6.07 Å². The summed E-state index contributed by atoms with van der Waals surface area (Å²) in [5, 5.41) is 12.9. The lowest BCUT2D eigenvalue weighted by atomic mass is 10.1. The third-order valence-electron chi connectivity index (χ3n) is 3.01. The fourth-order valence-electron chi connectivity index (χ4n) is 2.13. The summed E-state index contributed by atoms with van der Waals surface area (Å²) in [7, 11) is 2.00. The first-order valence-electron chi connectivity index (χ1n) is 7.06. The van der Waals surface area contributed by atoms with Crippen LogP contribution in [0.3, 0.4) is 0 Å². The van der Waals surface area contributed by atoms with Crippen molar-refractivity contribution >= 4 is 0 Å². The van der Waals surface area contributed by atoms with Crippen LogP contribution in [0.1, 0.15) is 36.7 Å². The van der Waals surface area contributed by atoms with Gasteiger partial charge in [0.25, 0.3) is 0 Å². The molecule has 110 valence electrons. The highest BCUT2D eigenvalue weighted by Crippen LogP contribution is 2.10. The maximum Gasteiger partial charge on any atom is 0.226 e. The Balaban J connectivity index is 1.93. The van der Waals surface area contributed by atoms with Gasteiger partial charge in [-0.25, -0.2) is 0 Å². The zero-order valence-corrected chi connectivity index (χ0v) is 12.7. The summed E-state index contributed by atoms with van der Waals surface area (Å²) >= 11 is 0. The van der Waals surface area contributed by atoms with E-state index in [0.29, 0.717) is 29.7 Å². The highest BCUT2D eigenvalue weighted by Gasteiger charge is 2.10. The minimum Gasteiger partial charge on any atom is -0.339 e. The SMILES string of the molecule is CC(C)Cc1nc(CN(C)Cc2cccc(C#N)c2)no1. The van der Waals surface area contributed by atoms with Gasteiger partial charge in [-0.2, -0.15) is 10.2 Å². The predicted molar refractivity (Wildman–Crippen MR) is 79.2 cm³/mol. The summed E-state index contributed by atoms with van der Waals surface area (Å²) in [6.07, 6.45) is 0.806. The van der Waals surface area contributed by atoms with Crippen LogP contribution in [0.15, 0.2) is 28.8 Å². The molecule has 1 aromatic heterocycles. The van der Waals surface area contributed by atoms with Crippen LogP contribution in [0.25, 0.3) is 0 Å². The number of nitriles is 1. The average molecular weight is 284 g/mol. The first-order chi connectivity index (χ1) is 10.1. The van der Waals surface area contributed by atoms with Gasteiger partial charge in [-0.05, 0) is 30.7 Å². The molecule has 21 heavy (non-hydrogen) atoms. The largest absolute Gasteiger partial charge is 0.339 e. The fourth-order valence-corrected chi connectivity index (χ4v) is 2.13. The second-order valence-corrected chi connectivity index (χ2v) is 5.69.